The SMILES string of the molecule is CCCCCC(C)(OOC(C)(C)CC(C)O)OOC(C)(C)CC(C)O. The van der Waals surface area contributed by atoms with Crippen LogP contribution in [0.2, 0.25) is 0 Å². The number of rotatable bonds is 14. The molecule has 6 heteroatoms. The largest absolute Gasteiger partial charge is 0.393 e. The molecule has 2 unspecified atom stereocenters. The van der Waals surface area contributed by atoms with Crippen LogP contribution in [0.3, 0.4) is 0 Å². The van der Waals surface area contributed by atoms with Gasteiger partial charge in [0.05, 0.1) is 12.2 Å². The lowest BCUT2D eigenvalue weighted by Crippen LogP contribution is -2.41. The van der Waals surface area contributed by atoms with Crippen LogP contribution >= 0.6 is 0 Å². The molecule has 0 spiro atoms. The quantitative estimate of drug-likeness (QED) is 0.207. The minimum Gasteiger partial charge on any atom is -0.393 e. The zero-order valence-electron chi connectivity index (χ0n) is 17.4. The molecule has 0 aliphatic heterocycles. The first-order valence-corrected chi connectivity index (χ1v) is 9.41. The maximum Gasteiger partial charge on any atom is 0.231 e. The van der Waals surface area contributed by atoms with Crippen molar-refractivity contribution >= 4 is 0 Å². The van der Waals surface area contributed by atoms with Crippen molar-refractivity contribution in [3.8, 4) is 0 Å². The molecule has 0 aliphatic rings. The Labute approximate surface area is 153 Å². The average Bonchev–Trinajstić information content (AvgIpc) is 2.41. The number of hydrogen-bond acceptors (Lipinski definition) is 6. The molecule has 2 atom stereocenters. The van der Waals surface area contributed by atoms with E-state index in [1.54, 1.807) is 20.8 Å². The van der Waals surface area contributed by atoms with Crippen LogP contribution in [-0.4, -0.2) is 39.4 Å². The van der Waals surface area contributed by atoms with Gasteiger partial charge in [-0.25, -0.2) is 9.78 Å². The highest BCUT2D eigenvalue weighted by atomic mass is 17.3. The van der Waals surface area contributed by atoms with Gasteiger partial charge < -0.3 is 10.2 Å². The van der Waals surface area contributed by atoms with Gasteiger partial charge in [0, 0.05) is 19.3 Å². The molecule has 0 heterocycles. The molecule has 0 aromatic carbocycles. The summed E-state index contributed by atoms with van der Waals surface area (Å²) in [5.41, 5.74) is -1.31. The molecule has 2 N–H and O–H groups in total. The van der Waals surface area contributed by atoms with Crippen LogP contribution in [0, 0.1) is 0 Å². The monoisotopic (exact) mass is 364 g/mol. The highest BCUT2D eigenvalue weighted by Gasteiger charge is 2.35. The third-order valence-corrected chi connectivity index (χ3v) is 3.70. The standard InChI is InChI=1S/C19H40O6/c1-9-10-11-12-19(8,24-22-17(4,5)13-15(2)20)25-23-18(6,7)14-16(3)21/h15-16,20-21H,9-14H2,1-8H3. The Kier molecular flexibility index (Phi) is 10.7. The van der Waals surface area contributed by atoms with Gasteiger partial charge >= 0.3 is 0 Å². The van der Waals surface area contributed by atoms with Crippen LogP contribution in [0.4, 0.5) is 0 Å². The molecule has 0 saturated heterocycles. The predicted octanol–water partition coefficient (Wildman–Crippen LogP) is 4.28. The van der Waals surface area contributed by atoms with Gasteiger partial charge in [0.25, 0.3) is 0 Å². The second kappa shape index (κ2) is 10.8. The maximum absolute atomic E-state index is 9.57. The van der Waals surface area contributed by atoms with Crippen molar-refractivity contribution in [2.75, 3.05) is 0 Å². The van der Waals surface area contributed by atoms with Gasteiger partial charge in [-0.2, -0.15) is 9.78 Å². The molecule has 0 amide bonds. The Balaban J connectivity index is 4.81. The molecule has 0 aromatic heterocycles. The van der Waals surface area contributed by atoms with Crippen LogP contribution in [0.1, 0.15) is 93.9 Å². The molecule has 25 heavy (non-hydrogen) atoms. The van der Waals surface area contributed by atoms with E-state index in [-0.39, 0.29) is 0 Å². The molecule has 0 rings (SSSR count). The van der Waals surface area contributed by atoms with E-state index in [0.717, 1.165) is 19.3 Å². The molecule has 6 nitrogen and oxygen atoms in total. The minimum absolute atomic E-state index is 0.437. The van der Waals surface area contributed by atoms with E-state index in [4.69, 9.17) is 19.6 Å². The van der Waals surface area contributed by atoms with Crippen LogP contribution in [-0.2, 0) is 19.6 Å². The van der Waals surface area contributed by atoms with Crippen molar-refractivity contribution < 1.29 is 29.8 Å². The maximum atomic E-state index is 9.57. The van der Waals surface area contributed by atoms with Gasteiger partial charge in [0.1, 0.15) is 11.2 Å². The summed E-state index contributed by atoms with van der Waals surface area (Å²) in [6.45, 7) is 14.7. The van der Waals surface area contributed by atoms with E-state index in [1.807, 2.05) is 27.7 Å². The lowest BCUT2D eigenvalue weighted by molar-refractivity contribution is -0.541. The summed E-state index contributed by atoms with van der Waals surface area (Å²) in [6.07, 6.45) is 3.54. The highest BCUT2D eigenvalue weighted by molar-refractivity contribution is 4.72. The van der Waals surface area contributed by atoms with Crippen molar-refractivity contribution in [3.05, 3.63) is 0 Å². The molecule has 0 bridgehead atoms. The van der Waals surface area contributed by atoms with Crippen LogP contribution < -0.4 is 0 Å². The lowest BCUT2D eigenvalue weighted by atomic mass is 10.0. The summed E-state index contributed by atoms with van der Waals surface area (Å²) in [4.78, 5) is 22.4. The molecule has 152 valence electrons. The van der Waals surface area contributed by atoms with Gasteiger partial charge in [-0.1, -0.05) is 19.8 Å². The molecule has 0 aromatic rings. The van der Waals surface area contributed by atoms with Crippen LogP contribution in [0.25, 0.3) is 0 Å². The average molecular weight is 365 g/mol. The number of unbranched alkanes of at least 4 members (excludes halogenated alkanes) is 2. The van der Waals surface area contributed by atoms with Gasteiger partial charge in [0.2, 0.25) is 5.79 Å². The topological polar surface area (TPSA) is 77.4 Å². The smallest absolute Gasteiger partial charge is 0.231 e. The van der Waals surface area contributed by atoms with Gasteiger partial charge in [-0.15, -0.1) is 0 Å². The molecule has 0 aliphatic carbocycles. The normalized spacial score (nSPS) is 18.0. The minimum atomic E-state index is -1.07. The van der Waals surface area contributed by atoms with E-state index >= 15 is 0 Å². The fourth-order valence-electron chi connectivity index (χ4n) is 2.69. The van der Waals surface area contributed by atoms with E-state index in [2.05, 4.69) is 6.92 Å². The summed E-state index contributed by atoms with van der Waals surface area (Å²) in [5.74, 6) is -1.07. The molecule has 0 radical (unpaired) electrons. The second-order valence-electron chi connectivity index (χ2n) is 8.55. The molecular weight excluding hydrogens is 324 g/mol. The number of hydrogen-bond donors (Lipinski definition) is 2. The van der Waals surface area contributed by atoms with E-state index < -0.39 is 29.2 Å². The first-order chi connectivity index (χ1) is 11.3. The first kappa shape index (κ1) is 24.8. The molecular formula is C19H40O6. The van der Waals surface area contributed by atoms with Crippen LogP contribution in [0.15, 0.2) is 0 Å². The van der Waals surface area contributed by atoms with E-state index in [0.29, 0.717) is 19.3 Å². The third kappa shape index (κ3) is 12.7. The zero-order chi connectivity index (χ0) is 19.7. The Hall–Kier alpha value is -0.240. The highest BCUT2D eigenvalue weighted by Crippen LogP contribution is 2.29. The Morgan fingerprint density at radius 3 is 1.44 bits per heavy atom. The summed E-state index contributed by atoms with van der Waals surface area (Å²) in [5, 5.41) is 19.1. The number of aliphatic hydroxyl groups excluding tert-OH is 2. The third-order valence-electron chi connectivity index (χ3n) is 3.70. The molecule has 0 fully saturated rings. The van der Waals surface area contributed by atoms with Crippen molar-refractivity contribution in [1.29, 1.82) is 0 Å². The Morgan fingerprint density at radius 1 is 0.720 bits per heavy atom. The van der Waals surface area contributed by atoms with Crippen molar-refractivity contribution in [3.63, 3.8) is 0 Å². The van der Waals surface area contributed by atoms with Gasteiger partial charge in [-0.3, -0.25) is 0 Å². The van der Waals surface area contributed by atoms with E-state index in [1.165, 1.54) is 0 Å². The zero-order valence-corrected chi connectivity index (χ0v) is 17.4. The summed E-state index contributed by atoms with van der Waals surface area (Å²) < 4.78 is 0. The van der Waals surface area contributed by atoms with Crippen molar-refractivity contribution in [2.45, 2.75) is 123 Å². The second-order valence-corrected chi connectivity index (χ2v) is 8.55. The summed E-state index contributed by atoms with van der Waals surface area (Å²) in [6, 6.07) is 0. The predicted molar refractivity (Wildman–Crippen MR) is 97.6 cm³/mol. The fourth-order valence-corrected chi connectivity index (χ4v) is 2.69. The van der Waals surface area contributed by atoms with Crippen LogP contribution in [0.5, 0.6) is 0 Å². The van der Waals surface area contributed by atoms with Gasteiger partial charge in [-0.05, 0) is 54.9 Å². The molecule has 0 saturated carbocycles. The summed E-state index contributed by atoms with van der Waals surface area (Å²) >= 11 is 0. The van der Waals surface area contributed by atoms with Crippen molar-refractivity contribution in [1.82, 2.24) is 0 Å². The lowest BCUT2D eigenvalue weighted by Gasteiger charge is -2.35. The fraction of sp³-hybridized carbons (Fsp3) is 1.00. The summed E-state index contributed by atoms with van der Waals surface area (Å²) in [7, 11) is 0. The first-order valence-electron chi connectivity index (χ1n) is 9.41. The van der Waals surface area contributed by atoms with Gasteiger partial charge in [0.15, 0.2) is 0 Å². The Morgan fingerprint density at radius 2 is 1.12 bits per heavy atom. The Bertz CT molecular complexity index is 326. The van der Waals surface area contributed by atoms with E-state index in [9.17, 15) is 10.2 Å². The van der Waals surface area contributed by atoms with Crippen molar-refractivity contribution in [2.24, 2.45) is 0 Å². The number of aliphatic hydroxyl groups is 2.